The predicted octanol–water partition coefficient (Wildman–Crippen LogP) is 3.56. The first-order valence-corrected chi connectivity index (χ1v) is 8.13. The van der Waals surface area contributed by atoms with E-state index in [1.165, 1.54) is 12.1 Å². The Morgan fingerprint density at radius 2 is 1.76 bits per heavy atom. The summed E-state index contributed by atoms with van der Waals surface area (Å²) in [4.78, 5) is 24.4. The molecule has 2 bridgehead atoms. The third-order valence-corrected chi connectivity index (χ3v) is 5.89. The van der Waals surface area contributed by atoms with E-state index in [1.807, 2.05) is 12.2 Å². The number of halogens is 3. The number of anilines is 1. The van der Waals surface area contributed by atoms with Crippen LogP contribution in [0, 0.1) is 29.1 Å². The second kappa shape index (κ2) is 5.09. The first-order chi connectivity index (χ1) is 11.7. The molecule has 132 valence electrons. The van der Waals surface area contributed by atoms with Crippen molar-refractivity contribution >= 4 is 17.6 Å². The van der Waals surface area contributed by atoms with E-state index in [-0.39, 0.29) is 22.9 Å². The van der Waals surface area contributed by atoms with Crippen molar-refractivity contribution in [2.45, 2.75) is 19.0 Å². The highest BCUT2D eigenvalue weighted by atomic mass is 19.4. The minimum absolute atomic E-state index is 0.0283. The number of aliphatic carboxylic acids is 1. The van der Waals surface area contributed by atoms with Crippen LogP contribution in [0.5, 0.6) is 0 Å². The predicted molar refractivity (Wildman–Crippen MR) is 82.5 cm³/mol. The van der Waals surface area contributed by atoms with Crippen molar-refractivity contribution in [3.8, 4) is 0 Å². The van der Waals surface area contributed by atoms with Gasteiger partial charge in [0.1, 0.15) is 0 Å². The summed E-state index contributed by atoms with van der Waals surface area (Å²) in [5, 5.41) is 12.1. The van der Waals surface area contributed by atoms with Gasteiger partial charge in [-0.3, -0.25) is 9.59 Å². The van der Waals surface area contributed by atoms with Crippen molar-refractivity contribution in [2.75, 3.05) is 5.32 Å². The standard InChI is InChI=1S/C18H16F3NO3/c19-18(20,21)9-2-1-3-10(8-9)22-15(23)13-11-4-5-12(14(13)16(24)25)17(11)6-7-17/h1-5,8,11-14H,6-7H2,(H,22,23)(H,24,25). The number of carbonyl (C=O) groups excluding carboxylic acids is 1. The summed E-state index contributed by atoms with van der Waals surface area (Å²) < 4.78 is 38.4. The molecule has 25 heavy (non-hydrogen) atoms. The number of carboxylic acid groups (broad SMARTS) is 1. The van der Waals surface area contributed by atoms with Crippen LogP contribution in [-0.4, -0.2) is 17.0 Å². The zero-order valence-corrected chi connectivity index (χ0v) is 13.1. The highest BCUT2D eigenvalue weighted by Crippen LogP contribution is 2.72. The van der Waals surface area contributed by atoms with Crippen LogP contribution in [0.25, 0.3) is 0 Å². The van der Waals surface area contributed by atoms with Crippen LogP contribution in [0.15, 0.2) is 36.4 Å². The maximum Gasteiger partial charge on any atom is 0.416 e. The minimum Gasteiger partial charge on any atom is -0.481 e. The van der Waals surface area contributed by atoms with E-state index in [4.69, 9.17) is 0 Å². The molecule has 0 aromatic heterocycles. The molecule has 2 N–H and O–H groups in total. The smallest absolute Gasteiger partial charge is 0.416 e. The van der Waals surface area contributed by atoms with E-state index < -0.39 is 35.5 Å². The molecule has 1 amide bonds. The molecule has 2 saturated carbocycles. The molecule has 1 aromatic carbocycles. The summed E-state index contributed by atoms with van der Waals surface area (Å²) in [5.74, 6) is -3.41. The number of amides is 1. The number of benzene rings is 1. The van der Waals surface area contributed by atoms with Gasteiger partial charge < -0.3 is 10.4 Å². The molecule has 3 aliphatic rings. The minimum atomic E-state index is -4.50. The summed E-state index contributed by atoms with van der Waals surface area (Å²) in [6.07, 6.45) is 1.09. The average molecular weight is 351 g/mol. The molecule has 0 radical (unpaired) electrons. The van der Waals surface area contributed by atoms with Crippen molar-refractivity contribution in [1.82, 2.24) is 0 Å². The fraction of sp³-hybridized carbons (Fsp3) is 0.444. The maximum absolute atomic E-state index is 12.8. The van der Waals surface area contributed by atoms with Crippen molar-refractivity contribution in [3.05, 3.63) is 42.0 Å². The van der Waals surface area contributed by atoms with Gasteiger partial charge in [-0.1, -0.05) is 18.2 Å². The zero-order chi connectivity index (χ0) is 18.0. The Kier molecular flexibility index (Phi) is 3.30. The Hall–Kier alpha value is -2.31. The summed E-state index contributed by atoms with van der Waals surface area (Å²) in [6.45, 7) is 0. The zero-order valence-electron chi connectivity index (χ0n) is 13.1. The lowest BCUT2D eigenvalue weighted by molar-refractivity contribution is -0.146. The Bertz CT molecular complexity index is 782. The van der Waals surface area contributed by atoms with E-state index >= 15 is 0 Å². The second-order valence-electron chi connectivity index (χ2n) is 7.13. The van der Waals surface area contributed by atoms with Gasteiger partial charge >= 0.3 is 12.1 Å². The SMILES string of the molecule is O=C(O)C1C(C(=O)Nc2cccc(C(F)(F)F)c2)C2C=CC1C21CC1. The van der Waals surface area contributed by atoms with Gasteiger partial charge in [0.2, 0.25) is 5.91 Å². The molecular weight excluding hydrogens is 335 g/mol. The molecule has 3 aliphatic carbocycles. The van der Waals surface area contributed by atoms with Crippen molar-refractivity contribution in [1.29, 1.82) is 0 Å². The number of carbonyl (C=O) groups is 2. The van der Waals surface area contributed by atoms with Gasteiger partial charge in [-0.05, 0) is 48.3 Å². The second-order valence-corrected chi connectivity index (χ2v) is 7.13. The lowest BCUT2D eigenvalue weighted by Crippen LogP contribution is -2.36. The van der Waals surface area contributed by atoms with Crippen molar-refractivity contribution in [2.24, 2.45) is 29.1 Å². The topological polar surface area (TPSA) is 66.4 Å². The molecule has 4 rings (SSSR count). The van der Waals surface area contributed by atoms with Gasteiger partial charge in [-0.2, -0.15) is 13.2 Å². The van der Waals surface area contributed by atoms with Crippen LogP contribution in [0.2, 0.25) is 0 Å². The molecule has 0 heterocycles. The highest BCUT2D eigenvalue weighted by Gasteiger charge is 2.70. The molecule has 0 aliphatic heterocycles. The first kappa shape index (κ1) is 16.2. The Morgan fingerprint density at radius 3 is 2.32 bits per heavy atom. The van der Waals surface area contributed by atoms with Crippen LogP contribution in [0.1, 0.15) is 18.4 Å². The van der Waals surface area contributed by atoms with Gasteiger partial charge in [-0.25, -0.2) is 0 Å². The normalized spacial score (nSPS) is 31.3. The van der Waals surface area contributed by atoms with Crippen LogP contribution in [0.4, 0.5) is 18.9 Å². The molecule has 7 heteroatoms. The quantitative estimate of drug-likeness (QED) is 0.819. The number of allylic oxidation sites excluding steroid dienone is 2. The number of alkyl halides is 3. The van der Waals surface area contributed by atoms with E-state index in [0.717, 1.165) is 25.0 Å². The highest BCUT2D eigenvalue weighted by molar-refractivity contribution is 5.96. The molecule has 4 nitrogen and oxygen atoms in total. The number of hydrogen-bond donors (Lipinski definition) is 2. The van der Waals surface area contributed by atoms with E-state index in [9.17, 15) is 27.9 Å². The molecule has 4 unspecified atom stereocenters. The maximum atomic E-state index is 12.8. The van der Waals surface area contributed by atoms with E-state index in [2.05, 4.69) is 5.32 Å². The van der Waals surface area contributed by atoms with Crippen molar-refractivity contribution < 1.29 is 27.9 Å². The van der Waals surface area contributed by atoms with Crippen LogP contribution in [-0.2, 0) is 15.8 Å². The van der Waals surface area contributed by atoms with Gasteiger partial charge in [-0.15, -0.1) is 0 Å². The van der Waals surface area contributed by atoms with Crippen LogP contribution < -0.4 is 5.32 Å². The Balaban J connectivity index is 1.59. The molecule has 2 fully saturated rings. The molecule has 0 saturated heterocycles. The Morgan fingerprint density at radius 1 is 1.12 bits per heavy atom. The average Bonchev–Trinajstić information content (AvgIpc) is 3.20. The largest absolute Gasteiger partial charge is 0.481 e. The van der Waals surface area contributed by atoms with E-state index in [0.29, 0.717) is 0 Å². The fourth-order valence-electron chi connectivity index (χ4n) is 4.69. The molecule has 1 aromatic rings. The van der Waals surface area contributed by atoms with Gasteiger partial charge in [0.05, 0.1) is 17.4 Å². The molecule has 4 atom stereocenters. The summed E-state index contributed by atoms with van der Waals surface area (Å²) >= 11 is 0. The summed E-state index contributed by atoms with van der Waals surface area (Å²) in [5.41, 5.74) is -0.953. The van der Waals surface area contributed by atoms with Crippen molar-refractivity contribution in [3.63, 3.8) is 0 Å². The Labute approximate surface area is 141 Å². The third-order valence-electron chi connectivity index (χ3n) is 5.89. The van der Waals surface area contributed by atoms with Gasteiger partial charge in [0.25, 0.3) is 0 Å². The van der Waals surface area contributed by atoms with E-state index in [1.54, 1.807) is 0 Å². The van der Waals surface area contributed by atoms with Crippen LogP contribution in [0.3, 0.4) is 0 Å². The fourth-order valence-corrected chi connectivity index (χ4v) is 4.69. The monoisotopic (exact) mass is 351 g/mol. The lowest BCUT2D eigenvalue weighted by Gasteiger charge is -2.24. The summed E-state index contributed by atoms with van der Waals surface area (Å²) in [6, 6.07) is 4.38. The lowest BCUT2D eigenvalue weighted by atomic mass is 9.82. The molecule has 1 spiro atoms. The number of carboxylic acids is 1. The number of hydrogen-bond acceptors (Lipinski definition) is 2. The van der Waals surface area contributed by atoms with Crippen LogP contribution >= 0.6 is 0 Å². The summed E-state index contributed by atoms with van der Waals surface area (Å²) in [7, 11) is 0. The third kappa shape index (κ3) is 2.36. The van der Waals surface area contributed by atoms with Gasteiger partial charge in [0.15, 0.2) is 0 Å². The first-order valence-electron chi connectivity index (χ1n) is 8.13. The van der Waals surface area contributed by atoms with Gasteiger partial charge in [0, 0.05) is 5.69 Å². The number of rotatable bonds is 3. The number of nitrogens with one attached hydrogen (secondary N) is 1. The molecular formula is C18H16F3NO3.